The van der Waals surface area contributed by atoms with Crippen molar-refractivity contribution in [2.45, 2.75) is 6.92 Å². The summed E-state index contributed by atoms with van der Waals surface area (Å²) in [5.74, 6) is 0. The molecular formula is C5H6N3O. The number of amides is 1. The molecule has 0 aliphatic rings. The van der Waals surface area contributed by atoms with Gasteiger partial charge in [-0.15, -0.1) is 0 Å². The fraction of sp³-hybridized carbons (Fsp3) is 0.200. The second-order valence-corrected chi connectivity index (χ2v) is 1.66. The minimum Gasteiger partial charge on any atom is -0.350 e. The summed E-state index contributed by atoms with van der Waals surface area (Å²) < 4.78 is 1.08. The van der Waals surface area contributed by atoms with Crippen molar-refractivity contribution < 1.29 is 4.79 Å². The molecule has 47 valence electrons. The lowest BCUT2D eigenvalue weighted by molar-refractivity contribution is 0.247. The zero-order chi connectivity index (χ0) is 6.85. The molecule has 0 aliphatic heterocycles. The first-order valence-corrected chi connectivity index (χ1v) is 2.44. The molecule has 1 radical (unpaired) electrons. The van der Waals surface area contributed by atoms with Crippen LogP contribution in [-0.2, 0) is 0 Å². The van der Waals surface area contributed by atoms with E-state index in [1.54, 1.807) is 13.0 Å². The van der Waals surface area contributed by atoms with Crippen molar-refractivity contribution in [3.8, 4) is 0 Å². The molecule has 4 nitrogen and oxygen atoms in total. The highest BCUT2D eigenvalue weighted by atomic mass is 16.2. The van der Waals surface area contributed by atoms with Crippen molar-refractivity contribution in [1.82, 2.24) is 9.78 Å². The van der Waals surface area contributed by atoms with Gasteiger partial charge in [-0.25, -0.2) is 4.79 Å². The summed E-state index contributed by atoms with van der Waals surface area (Å²) >= 11 is 0. The lowest BCUT2D eigenvalue weighted by Crippen LogP contribution is -2.21. The maximum Gasteiger partial charge on any atom is 0.339 e. The molecule has 0 bridgehead atoms. The molecule has 1 aromatic heterocycles. The van der Waals surface area contributed by atoms with Crippen LogP contribution in [0.25, 0.3) is 0 Å². The van der Waals surface area contributed by atoms with E-state index in [0.717, 1.165) is 4.68 Å². The second kappa shape index (κ2) is 1.89. The zero-order valence-corrected chi connectivity index (χ0v) is 4.96. The Balaban J connectivity index is 3.08. The van der Waals surface area contributed by atoms with Crippen LogP contribution in [-0.4, -0.2) is 15.8 Å². The molecule has 0 saturated carbocycles. The van der Waals surface area contributed by atoms with E-state index >= 15 is 0 Å². The standard InChI is InChI=1S/C5H6N3O/c1-4-2-3-7-8(4)5(6)9/h2H,1H3,(H2,6,9). The first-order chi connectivity index (χ1) is 4.22. The van der Waals surface area contributed by atoms with Gasteiger partial charge in [-0.2, -0.15) is 9.78 Å². The Kier molecular flexibility index (Phi) is 1.22. The van der Waals surface area contributed by atoms with Crippen LogP contribution in [0.4, 0.5) is 4.79 Å². The van der Waals surface area contributed by atoms with Crippen LogP contribution in [0.15, 0.2) is 6.07 Å². The third-order valence-corrected chi connectivity index (χ3v) is 0.974. The van der Waals surface area contributed by atoms with E-state index in [1.807, 2.05) is 0 Å². The first-order valence-electron chi connectivity index (χ1n) is 2.44. The van der Waals surface area contributed by atoms with Gasteiger partial charge in [-0.05, 0) is 13.0 Å². The number of carbonyl (C=O) groups is 1. The number of carbonyl (C=O) groups excluding carboxylic acids is 1. The van der Waals surface area contributed by atoms with Crippen molar-refractivity contribution in [3.05, 3.63) is 18.0 Å². The molecule has 0 saturated heterocycles. The molecule has 0 spiro atoms. The van der Waals surface area contributed by atoms with Crippen LogP contribution in [0.3, 0.4) is 0 Å². The molecule has 0 atom stereocenters. The second-order valence-electron chi connectivity index (χ2n) is 1.66. The summed E-state index contributed by atoms with van der Waals surface area (Å²) in [6.45, 7) is 1.73. The maximum absolute atomic E-state index is 10.4. The highest BCUT2D eigenvalue weighted by Gasteiger charge is 2.00. The molecule has 1 amide bonds. The fourth-order valence-corrected chi connectivity index (χ4v) is 0.543. The van der Waals surface area contributed by atoms with Gasteiger partial charge in [-0.3, -0.25) is 0 Å². The van der Waals surface area contributed by atoms with Gasteiger partial charge in [0, 0.05) is 5.69 Å². The van der Waals surface area contributed by atoms with Crippen LogP contribution in [0.5, 0.6) is 0 Å². The van der Waals surface area contributed by atoms with Gasteiger partial charge in [0.05, 0.1) is 0 Å². The molecule has 2 N–H and O–H groups in total. The third-order valence-electron chi connectivity index (χ3n) is 0.974. The maximum atomic E-state index is 10.4. The number of nitrogens with zero attached hydrogens (tertiary/aromatic N) is 2. The van der Waals surface area contributed by atoms with Crippen LogP contribution in [0, 0.1) is 13.1 Å². The Morgan fingerprint density at radius 2 is 2.67 bits per heavy atom. The van der Waals surface area contributed by atoms with Gasteiger partial charge in [0.1, 0.15) is 6.20 Å². The number of aromatic nitrogens is 2. The summed E-state index contributed by atoms with van der Waals surface area (Å²) in [6.07, 6.45) is 2.49. The number of hydrogen-bond donors (Lipinski definition) is 1. The van der Waals surface area contributed by atoms with E-state index in [-0.39, 0.29) is 0 Å². The van der Waals surface area contributed by atoms with Crippen LogP contribution >= 0.6 is 0 Å². The Morgan fingerprint density at radius 1 is 2.00 bits per heavy atom. The highest BCUT2D eigenvalue weighted by Crippen LogP contribution is 1.91. The summed E-state index contributed by atoms with van der Waals surface area (Å²) in [5.41, 5.74) is 5.60. The molecule has 0 aliphatic carbocycles. The molecule has 1 heterocycles. The van der Waals surface area contributed by atoms with Crippen LogP contribution < -0.4 is 5.73 Å². The first kappa shape index (κ1) is 5.81. The van der Waals surface area contributed by atoms with Crippen molar-refractivity contribution in [2.75, 3.05) is 0 Å². The van der Waals surface area contributed by atoms with Crippen LogP contribution in [0.2, 0.25) is 0 Å². The Labute approximate surface area is 52.3 Å². The highest BCUT2D eigenvalue weighted by molar-refractivity contribution is 5.74. The average molecular weight is 124 g/mol. The number of nitrogens with two attached hydrogens (primary N) is 1. The largest absolute Gasteiger partial charge is 0.350 e. The van der Waals surface area contributed by atoms with Gasteiger partial charge >= 0.3 is 6.03 Å². The zero-order valence-electron chi connectivity index (χ0n) is 4.96. The topological polar surface area (TPSA) is 60.9 Å². The molecule has 1 rings (SSSR count). The number of rotatable bonds is 0. The third kappa shape index (κ3) is 0.910. The van der Waals surface area contributed by atoms with E-state index in [1.165, 1.54) is 0 Å². The molecule has 0 aromatic carbocycles. The molecule has 9 heavy (non-hydrogen) atoms. The Morgan fingerprint density at radius 3 is 2.89 bits per heavy atom. The summed E-state index contributed by atoms with van der Waals surface area (Å²) in [5, 5.41) is 3.53. The minimum absolute atomic E-state index is 0.575. The van der Waals surface area contributed by atoms with E-state index in [4.69, 9.17) is 5.73 Å². The van der Waals surface area contributed by atoms with E-state index in [2.05, 4.69) is 11.3 Å². The van der Waals surface area contributed by atoms with Crippen molar-refractivity contribution in [3.63, 3.8) is 0 Å². The van der Waals surface area contributed by atoms with Gasteiger partial charge in [0.15, 0.2) is 0 Å². The smallest absolute Gasteiger partial charge is 0.339 e. The van der Waals surface area contributed by atoms with Crippen LogP contribution in [0.1, 0.15) is 5.69 Å². The average Bonchev–Trinajstić information content (AvgIpc) is 2.13. The lowest BCUT2D eigenvalue weighted by Gasteiger charge is -1.93. The molecule has 4 heteroatoms. The normalized spacial score (nSPS) is 9.44. The summed E-state index contributed by atoms with van der Waals surface area (Å²) in [4.78, 5) is 10.4. The Hall–Kier alpha value is -1.32. The van der Waals surface area contributed by atoms with Crippen molar-refractivity contribution in [2.24, 2.45) is 5.73 Å². The lowest BCUT2D eigenvalue weighted by atomic mass is 10.5. The number of primary amides is 1. The SMILES string of the molecule is Cc1c[c]nn1C(N)=O. The molecule has 1 aromatic rings. The molecule has 0 unspecified atom stereocenters. The van der Waals surface area contributed by atoms with E-state index in [9.17, 15) is 4.79 Å². The molecule has 0 fully saturated rings. The fourth-order valence-electron chi connectivity index (χ4n) is 0.543. The predicted octanol–water partition coefficient (Wildman–Crippen LogP) is -0.0815. The van der Waals surface area contributed by atoms with E-state index < -0.39 is 6.03 Å². The van der Waals surface area contributed by atoms with Gasteiger partial charge in [-0.1, -0.05) is 0 Å². The monoisotopic (exact) mass is 124 g/mol. The quantitative estimate of drug-likeness (QED) is 0.525. The Bertz CT molecular complexity index is 228. The summed E-state index contributed by atoms with van der Waals surface area (Å²) in [7, 11) is 0. The number of aryl methyl sites for hydroxylation is 1. The molecular weight excluding hydrogens is 118 g/mol. The van der Waals surface area contributed by atoms with Crippen molar-refractivity contribution in [1.29, 1.82) is 0 Å². The van der Waals surface area contributed by atoms with Gasteiger partial charge < -0.3 is 5.73 Å². The number of hydrogen-bond acceptors (Lipinski definition) is 2. The van der Waals surface area contributed by atoms with Gasteiger partial charge in [0.25, 0.3) is 0 Å². The van der Waals surface area contributed by atoms with Gasteiger partial charge in [0.2, 0.25) is 0 Å². The summed E-state index contributed by atoms with van der Waals surface area (Å²) in [6, 6.07) is 1.01. The minimum atomic E-state index is -0.575. The predicted molar refractivity (Wildman–Crippen MR) is 30.8 cm³/mol. The van der Waals surface area contributed by atoms with E-state index in [0.29, 0.717) is 5.69 Å². The van der Waals surface area contributed by atoms with Crippen molar-refractivity contribution >= 4 is 6.03 Å².